The molecular formula is C37H31Br2OP. The van der Waals surface area contributed by atoms with Gasteiger partial charge in [0.05, 0.1) is 0 Å². The summed E-state index contributed by atoms with van der Waals surface area (Å²) in [4.78, 5) is 13.6. The van der Waals surface area contributed by atoms with Crippen molar-refractivity contribution in [2.75, 3.05) is 0 Å². The molecule has 0 saturated carbocycles. The second-order valence-corrected chi connectivity index (χ2v) is 15.0. The van der Waals surface area contributed by atoms with Crippen molar-refractivity contribution in [2.24, 2.45) is 0 Å². The highest BCUT2D eigenvalue weighted by Crippen LogP contribution is 2.69. The standard InChI is InChI=1S/C37H31Br2OP/c1-24-12-3-5-14-27(24)29-18-11-19-30(28-15-6-4-13-25(28)2)37(29)41-35(31-16-7-9-20-33(31)38)22-26(40)23-36(41)32-17-8-10-21-34(32)39/h3-21,35-36H,22-23H2,1-2H3. The van der Waals surface area contributed by atoms with Crippen molar-refractivity contribution in [1.82, 2.24) is 0 Å². The van der Waals surface area contributed by atoms with Crippen LogP contribution in [0.25, 0.3) is 22.3 Å². The van der Waals surface area contributed by atoms with E-state index in [4.69, 9.17) is 0 Å². The quantitative estimate of drug-likeness (QED) is 0.169. The van der Waals surface area contributed by atoms with Crippen LogP contribution in [0.1, 0.15) is 46.4 Å². The Balaban J connectivity index is 1.72. The molecule has 2 unspecified atom stereocenters. The van der Waals surface area contributed by atoms with E-state index in [1.54, 1.807) is 0 Å². The number of rotatable bonds is 5. The molecule has 0 aromatic heterocycles. The van der Waals surface area contributed by atoms with Gasteiger partial charge < -0.3 is 0 Å². The minimum Gasteiger partial charge on any atom is -0.300 e. The highest BCUT2D eigenvalue weighted by atomic mass is 79.9. The van der Waals surface area contributed by atoms with Crippen molar-refractivity contribution in [3.63, 3.8) is 0 Å². The maximum Gasteiger partial charge on any atom is 0.134 e. The molecule has 41 heavy (non-hydrogen) atoms. The first-order valence-electron chi connectivity index (χ1n) is 14.0. The zero-order valence-electron chi connectivity index (χ0n) is 23.1. The van der Waals surface area contributed by atoms with E-state index in [1.807, 2.05) is 0 Å². The molecule has 0 amide bonds. The Hall–Kier alpha value is -2.84. The molecule has 0 bridgehead atoms. The third kappa shape index (κ3) is 5.53. The summed E-state index contributed by atoms with van der Waals surface area (Å²) in [5, 5.41) is 1.39. The molecule has 0 N–H and O–H groups in total. The number of aryl methyl sites for hydroxylation is 2. The zero-order valence-corrected chi connectivity index (χ0v) is 27.2. The van der Waals surface area contributed by atoms with Crippen molar-refractivity contribution in [2.45, 2.75) is 38.0 Å². The fraction of sp³-hybridized carbons (Fsp3) is 0.162. The minimum atomic E-state index is -0.900. The summed E-state index contributed by atoms with van der Waals surface area (Å²) in [7, 11) is -0.900. The average molecular weight is 682 g/mol. The summed E-state index contributed by atoms with van der Waals surface area (Å²) >= 11 is 7.76. The number of ketones is 1. The van der Waals surface area contributed by atoms with Crippen molar-refractivity contribution in [3.8, 4) is 22.3 Å². The molecule has 1 saturated heterocycles. The second kappa shape index (κ2) is 12.2. The van der Waals surface area contributed by atoms with E-state index < -0.39 is 7.92 Å². The monoisotopic (exact) mass is 680 g/mol. The van der Waals surface area contributed by atoms with Crippen molar-refractivity contribution in [3.05, 3.63) is 146 Å². The second-order valence-electron chi connectivity index (χ2n) is 10.8. The predicted molar refractivity (Wildman–Crippen MR) is 181 cm³/mol. The largest absolute Gasteiger partial charge is 0.300 e. The SMILES string of the molecule is Cc1ccccc1-c1cccc(-c2ccccc2C)c1P1C(c2ccccc2Br)CC(=O)CC1c1ccccc1Br. The molecule has 1 aliphatic heterocycles. The molecule has 204 valence electrons. The number of Topliss-reactive ketones (excluding diaryl/α,β-unsaturated/α-hetero) is 1. The van der Waals surface area contributed by atoms with E-state index in [0.29, 0.717) is 18.6 Å². The molecule has 1 fully saturated rings. The number of carbonyl (C=O) groups excluding carboxylic acids is 1. The fourth-order valence-electron chi connectivity index (χ4n) is 6.26. The minimum absolute atomic E-state index is 0.0758. The Bertz CT molecular complexity index is 1620. The summed E-state index contributed by atoms with van der Waals surface area (Å²) in [6, 6.07) is 41.2. The van der Waals surface area contributed by atoms with Crippen LogP contribution in [0.5, 0.6) is 0 Å². The van der Waals surface area contributed by atoms with E-state index in [-0.39, 0.29) is 11.3 Å². The summed E-state index contributed by atoms with van der Waals surface area (Å²) in [6.45, 7) is 4.40. The van der Waals surface area contributed by atoms with Crippen LogP contribution in [0.2, 0.25) is 0 Å². The molecule has 6 rings (SSSR count). The van der Waals surface area contributed by atoms with E-state index in [2.05, 4.69) is 161 Å². The highest BCUT2D eigenvalue weighted by Gasteiger charge is 2.42. The van der Waals surface area contributed by atoms with Gasteiger partial charge in [-0.1, -0.05) is 143 Å². The maximum atomic E-state index is 13.6. The lowest BCUT2D eigenvalue weighted by Gasteiger charge is -2.41. The molecule has 1 nitrogen and oxygen atoms in total. The number of benzene rings is 5. The van der Waals surface area contributed by atoms with Gasteiger partial charge in [-0.05, 0) is 75.8 Å². The smallest absolute Gasteiger partial charge is 0.134 e. The number of halogens is 2. The van der Waals surface area contributed by atoms with Gasteiger partial charge in [0.25, 0.3) is 0 Å². The Labute approximate surface area is 261 Å². The first-order valence-corrected chi connectivity index (χ1v) is 17.0. The highest BCUT2D eigenvalue weighted by molar-refractivity contribution is 9.10. The molecule has 4 heteroatoms. The van der Waals surface area contributed by atoms with Gasteiger partial charge in [0, 0.05) is 33.1 Å². The Kier molecular flexibility index (Phi) is 8.40. The molecule has 1 heterocycles. The summed E-state index contributed by atoms with van der Waals surface area (Å²) in [5.74, 6) is 0.330. The molecule has 5 aromatic rings. The van der Waals surface area contributed by atoms with Gasteiger partial charge >= 0.3 is 0 Å². The molecule has 1 aliphatic rings. The van der Waals surface area contributed by atoms with Gasteiger partial charge in [0.2, 0.25) is 0 Å². The Morgan fingerprint density at radius 1 is 0.537 bits per heavy atom. The third-order valence-corrected chi connectivity index (χ3v) is 12.9. The third-order valence-electron chi connectivity index (χ3n) is 8.21. The number of hydrogen-bond donors (Lipinski definition) is 0. The van der Waals surface area contributed by atoms with Crippen LogP contribution in [-0.2, 0) is 4.79 Å². The first kappa shape index (κ1) is 28.3. The normalized spacial score (nSPS) is 18.8. The Morgan fingerprint density at radius 2 is 0.927 bits per heavy atom. The zero-order chi connectivity index (χ0) is 28.5. The summed E-state index contributed by atoms with van der Waals surface area (Å²) in [6.07, 6.45) is 1.09. The van der Waals surface area contributed by atoms with E-state index in [9.17, 15) is 4.79 Å². The van der Waals surface area contributed by atoms with E-state index in [1.165, 1.54) is 49.8 Å². The molecule has 5 aromatic carbocycles. The topological polar surface area (TPSA) is 17.1 Å². The van der Waals surface area contributed by atoms with Gasteiger partial charge in [-0.3, -0.25) is 4.79 Å². The molecule has 0 radical (unpaired) electrons. The van der Waals surface area contributed by atoms with Gasteiger partial charge in [-0.2, -0.15) is 0 Å². The summed E-state index contributed by atoms with van der Waals surface area (Å²) < 4.78 is 2.15. The van der Waals surface area contributed by atoms with Crippen molar-refractivity contribution in [1.29, 1.82) is 0 Å². The predicted octanol–water partition coefficient (Wildman–Crippen LogP) is 11.1. The molecule has 0 aliphatic carbocycles. The first-order chi connectivity index (χ1) is 19.9. The van der Waals surface area contributed by atoms with Crippen molar-refractivity contribution < 1.29 is 4.79 Å². The van der Waals surface area contributed by atoms with Crippen LogP contribution in [0.3, 0.4) is 0 Å². The van der Waals surface area contributed by atoms with Gasteiger partial charge in [0.15, 0.2) is 0 Å². The lowest BCUT2D eigenvalue weighted by Crippen LogP contribution is -2.26. The van der Waals surface area contributed by atoms with E-state index >= 15 is 0 Å². The van der Waals surface area contributed by atoms with Crippen LogP contribution in [0.4, 0.5) is 0 Å². The van der Waals surface area contributed by atoms with Gasteiger partial charge in [0.1, 0.15) is 5.78 Å². The van der Waals surface area contributed by atoms with Gasteiger partial charge in [-0.25, -0.2) is 0 Å². The Morgan fingerprint density at radius 3 is 1.37 bits per heavy atom. The van der Waals surface area contributed by atoms with Gasteiger partial charge in [-0.15, -0.1) is 0 Å². The van der Waals surface area contributed by atoms with E-state index in [0.717, 1.165) is 8.95 Å². The van der Waals surface area contributed by atoms with Crippen LogP contribution < -0.4 is 5.30 Å². The number of hydrogen-bond acceptors (Lipinski definition) is 1. The van der Waals surface area contributed by atoms with Crippen molar-refractivity contribution >= 4 is 50.9 Å². The summed E-state index contributed by atoms with van der Waals surface area (Å²) in [5.41, 5.74) is 10.2. The van der Waals surface area contributed by atoms with Crippen LogP contribution in [0.15, 0.2) is 124 Å². The number of carbonyl (C=O) groups is 1. The lowest BCUT2D eigenvalue weighted by molar-refractivity contribution is -0.119. The fourth-order valence-corrected chi connectivity index (χ4v) is 11.6. The van der Waals surface area contributed by atoms with Crippen LogP contribution in [-0.4, -0.2) is 5.78 Å². The molecular weight excluding hydrogens is 651 g/mol. The maximum absolute atomic E-state index is 13.6. The lowest BCUT2D eigenvalue weighted by atomic mass is 9.94. The van der Waals surface area contributed by atoms with Crippen LogP contribution >= 0.6 is 39.8 Å². The average Bonchev–Trinajstić information content (AvgIpc) is 2.98. The van der Waals surface area contributed by atoms with Crippen LogP contribution in [0, 0.1) is 13.8 Å². The molecule has 2 atom stereocenters. The molecule has 0 spiro atoms.